The maximum absolute atomic E-state index is 13.8. The normalized spacial score (nSPS) is 23.3. The zero-order valence-electron chi connectivity index (χ0n) is 12.7. The average Bonchev–Trinajstić information content (AvgIpc) is 2.79. The van der Waals surface area contributed by atoms with Crippen LogP contribution in [0.4, 0.5) is 4.39 Å². The molecular weight excluding hydrogens is 265 g/mol. The van der Waals surface area contributed by atoms with Gasteiger partial charge in [0, 0.05) is 17.3 Å². The number of benzene rings is 1. The van der Waals surface area contributed by atoms with Crippen LogP contribution in [0.1, 0.15) is 57.1 Å². The molecule has 114 valence electrons. The van der Waals surface area contributed by atoms with Gasteiger partial charge in [0.2, 0.25) is 0 Å². The number of nitrogens with one attached hydrogen (secondary N) is 1. The number of halogens is 1. The van der Waals surface area contributed by atoms with Crippen molar-refractivity contribution in [1.29, 1.82) is 0 Å². The lowest BCUT2D eigenvalue weighted by Gasteiger charge is -2.19. The predicted molar refractivity (Wildman–Crippen MR) is 84.1 cm³/mol. The first-order chi connectivity index (χ1) is 10.3. The van der Waals surface area contributed by atoms with Crippen LogP contribution in [0, 0.1) is 5.82 Å². The first-order valence-corrected chi connectivity index (χ1v) is 8.19. The van der Waals surface area contributed by atoms with Crippen LogP contribution < -0.4 is 5.32 Å². The number of hydrogen-bond acceptors (Lipinski definition) is 2. The fourth-order valence-electron chi connectivity index (χ4n) is 3.40. The molecule has 0 radical (unpaired) electrons. The van der Waals surface area contributed by atoms with Crippen LogP contribution in [0.25, 0.3) is 11.0 Å². The number of rotatable bonds is 4. The average molecular weight is 289 g/mol. The van der Waals surface area contributed by atoms with Crippen molar-refractivity contribution < 1.29 is 8.81 Å². The lowest BCUT2D eigenvalue weighted by molar-refractivity contribution is 0.399. The zero-order chi connectivity index (χ0) is 14.7. The summed E-state index contributed by atoms with van der Waals surface area (Å²) >= 11 is 0. The Labute approximate surface area is 125 Å². The van der Waals surface area contributed by atoms with Gasteiger partial charge < -0.3 is 9.73 Å². The van der Waals surface area contributed by atoms with E-state index >= 15 is 0 Å². The minimum absolute atomic E-state index is 0.256. The molecule has 0 aliphatic heterocycles. The Morgan fingerprint density at radius 1 is 1.29 bits per heavy atom. The second-order valence-electron chi connectivity index (χ2n) is 6.18. The molecule has 1 aliphatic carbocycles. The van der Waals surface area contributed by atoms with Gasteiger partial charge >= 0.3 is 0 Å². The number of hydrogen-bond donors (Lipinski definition) is 1. The topological polar surface area (TPSA) is 25.2 Å². The van der Waals surface area contributed by atoms with Gasteiger partial charge in [-0.25, -0.2) is 4.39 Å². The second kappa shape index (κ2) is 6.61. The van der Waals surface area contributed by atoms with Crippen molar-refractivity contribution in [3.8, 4) is 0 Å². The Hall–Kier alpha value is -1.35. The van der Waals surface area contributed by atoms with Crippen LogP contribution in [0.2, 0.25) is 0 Å². The van der Waals surface area contributed by atoms with Crippen molar-refractivity contribution in [2.24, 2.45) is 0 Å². The van der Waals surface area contributed by atoms with E-state index in [1.54, 1.807) is 6.07 Å². The van der Waals surface area contributed by atoms with Crippen molar-refractivity contribution in [3.63, 3.8) is 0 Å². The van der Waals surface area contributed by atoms with Crippen molar-refractivity contribution in [3.05, 3.63) is 35.8 Å². The summed E-state index contributed by atoms with van der Waals surface area (Å²) in [4.78, 5) is 0. The monoisotopic (exact) mass is 289 g/mol. The van der Waals surface area contributed by atoms with Crippen molar-refractivity contribution >= 4 is 11.0 Å². The van der Waals surface area contributed by atoms with Crippen molar-refractivity contribution in [1.82, 2.24) is 5.32 Å². The van der Waals surface area contributed by atoms with E-state index in [2.05, 4.69) is 12.2 Å². The summed E-state index contributed by atoms with van der Waals surface area (Å²) in [5.74, 6) is 1.11. The molecule has 3 rings (SSSR count). The molecular formula is C18H24FNO. The molecule has 0 spiro atoms. The second-order valence-corrected chi connectivity index (χ2v) is 6.18. The first-order valence-electron chi connectivity index (χ1n) is 8.19. The quantitative estimate of drug-likeness (QED) is 0.802. The van der Waals surface area contributed by atoms with Gasteiger partial charge in [-0.2, -0.15) is 0 Å². The van der Waals surface area contributed by atoms with Gasteiger partial charge in [-0.15, -0.1) is 0 Å². The molecule has 21 heavy (non-hydrogen) atoms. The summed E-state index contributed by atoms with van der Waals surface area (Å²) in [6.45, 7) is 3.27. The third-order valence-electron chi connectivity index (χ3n) is 4.52. The maximum atomic E-state index is 13.8. The summed E-state index contributed by atoms with van der Waals surface area (Å²) in [6.07, 6.45) is 7.15. The van der Waals surface area contributed by atoms with Crippen molar-refractivity contribution in [2.45, 2.75) is 57.4 Å². The van der Waals surface area contributed by atoms with Gasteiger partial charge in [-0.1, -0.05) is 31.9 Å². The third-order valence-corrected chi connectivity index (χ3v) is 4.52. The fraction of sp³-hybridized carbons (Fsp3) is 0.556. The highest BCUT2D eigenvalue weighted by Gasteiger charge is 2.24. The molecule has 1 aromatic heterocycles. The number of para-hydroxylation sites is 1. The molecule has 3 heteroatoms. The summed E-state index contributed by atoms with van der Waals surface area (Å²) < 4.78 is 19.6. The molecule has 2 unspecified atom stereocenters. The Kier molecular flexibility index (Phi) is 4.59. The predicted octanol–water partition coefficient (Wildman–Crippen LogP) is 4.99. The van der Waals surface area contributed by atoms with Crippen LogP contribution in [0.5, 0.6) is 0 Å². The molecule has 1 heterocycles. The highest BCUT2D eigenvalue weighted by molar-refractivity contribution is 5.78. The molecule has 2 atom stereocenters. The fourth-order valence-corrected chi connectivity index (χ4v) is 3.40. The zero-order valence-corrected chi connectivity index (χ0v) is 12.7. The van der Waals surface area contributed by atoms with Gasteiger partial charge in [0.1, 0.15) is 5.76 Å². The van der Waals surface area contributed by atoms with Crippen LogP contribution in [-0.2, 0) is 0 Å². The van der Waals surface area contributed by atoms with E-state index in [9.17, 15) is 4.39 Å². The van der Waals surface area contributed by atoms with Gasteiger partial charge in [0.25, 0.3) is 0 Å². The molecule has 1 aliphatic rings. The van der Waals surface area contributed by atoms with E-state index in [4.69, 9.17) is 4.42 Å². The molecule has 1 aromatic carbocycles. The van der Waals surface area contributed by atoms with E-state index in [1.165, 1.54) is 25.3 Å². The molecule has 0 saturated heterocycles. The van der Waals surface area contributed by atoms with Gasteiger partial charge in [-0.3, -0.25) is 0 Å². The van der Waals surface area contributed by atoms with Crippen molar-refractivity contribution in [2.75, 3.05) is 6.54 Å². The van der Waals surface area contributed by atoms with Crippen LogP contribution >= 0.6 is 0 Å². The summed E-state index contributed by atoms with van der Waals surface area (Å²) in [5.41, 5.74) is 0.412. The SMILES string of the molecule is CCCNC1CCCCC(c2cc3cccc(F)c3o2)C1. The molecule has 0 bridgehead atoms. The maximum Gasteiger partial charge on any atom is 0.169 e. The molecule has 0 amide bonds. The van der Waals surface area contributed by atoms with E-state index in [0.29, 0.717) is 17.5 Å². The molecule has 1 fully saturated rings. The van der Waals surface area contributed by atoms with Gasteiger partial charge in [0.05, 0.1) is 0 Å². The largest absolute Gasteiger partial charge is 0.458 e. The molecule has 2 nitrogen and oxygen atoms in total. The van der Waals surface area contributed by atoms with E-state index in [-0.39, 0.29) is 5.82 Å². The lowest BCUT2D eigenvalue weighted by Crippen LogP contribution is -2.30. The van der Waals surface area contributed by atoms with Gasteiger partial charge in [-0.05, 0) is 44.4 Å². The number of furan rings is 1. The molecule has 1 N–H and O–H groups in total. The highest BCUT2D eigenvalue weighted by Crippen LogP contribution is 2.35. The summed E-state index contributed by atoms with van der Waals surface area (Å²) in [5, 5.41) is 4.52. The van der Waals surface area contributed by atoms with Crippen LogP contribution in [0.3, 0.4) is 0 Å². The minimum atomic E-state index is -0.256. The molecule has 1 saturated carbocycles. The van der Waals surface area contributed by atoms with E-state index < -0.39 is 0 Å². The first kappa shape index (κ1) is 14.6. The molecule has 2 aromatic rings. The Bertz CT molecular complexity index is 592. The third kappa shape index (κ3) is 3.29. The standard InChI is InChI=1S/C18H24FNO/c1-2-10-20-15-8-4-3-6-13(11-15)17-12-14-7-5-9-16(19)18(14)21-17/h5,7,9,12-13,15,20H,2-4,6,8,10-11H2,1H3. The van der Waals surface area contributed by atoms with Crippen LogP contribution in [0.15, 0.2) is 28.7 Å². The Balaban J connectivity index is 1.80. The number of fused-ring (bicyclic) bond motifs is 1. The summed E-state index contributed by atoms with van der Waals surface area (Å²) in [7, 11) is 0. The smallest absolute Gasteiger partial charge is 0.169 e. The van der Waals surface area contributed by atoms with E-state index in [1.807, 2.05) is 12.1 Å². The minimum Gasteiger partial charge on any atom is -0.458 e. The van der Waals surface area contributed by atoms with E-state index in [0.717, 1.165) is 37.0 Å². The Morgan fingerprint density at radius 3 is 2.95 bits per heavy atom. The summed E-state index contributed by atoms with van der Waals surface area (Å²) in [6, 6.07) is 7.74. The van der Waals surface area contributed by atoms with Crippen LogP contribution in [-0.4, -0.2) is 12.6 Å². The highest BCUT2D eigenvalue weighted by atomic mass is 19.1. The lowest BCUT2D eigenvalue weighted by atomic mass is 9.95. The van der Waals surface area contributed by atoms with Gasteiger partial charge in [0.15, 0.2) is 11.4 Å². The Morgan fingerprint density at radius 2 is 2.14 bits per heavy atom.